The number of hydrogen-bond donors (Lipinski definition) is 1. The van der Waals surface area contributed by atoms with E-state index in [9.17, 15) is 18.0 Å². The number of benzene rings is 1. The number of likely N-dealkylation sites (tertiary alicyclic amines) is 1. The van der Waals surface area contributed by atoms with Crippen LogP contribution < -0.4 is 10.1 Å². The fraction of sp³-hybridized carbons (Fsp3) is 0.520. The minimum Gasteiger partial charge on any atom is -0.494 e. The first-order valence-corrected chi connectivity index (χ1v) is 13.6. The standard InChI is InChI=1S/C25H33N3O6S/c1-2-3-16-33-20-6-8-21(9-7-20)35(31,32)28-15-12-25(19-28)10-13-27(14-11-25)23(29)18-26-24(30)22-5-4-17-34-22/h4-9,17H,2-3,10-16,18-19H2,1H3,(H,26,30). The SMILES string of the molecule is CCCCOc1ccc(S(=O)(=O)N2CCC3(CCN(C(=O)CNC(=O)c4ccco4)CC3)C2)cc1. The van der Waals surface area contributed by atoms with Gasteiger partial charge in [-0.2, -0.15) is 4.31 Å². The molecule has 2 aromatic rings. The molecule has 2 amide bonds. The molecule has 35 heavy (non-hydrogen) atoms. The van der Waals surface area contributed by atoms with Gasteiger partial charge in [-0.3, -0.25) is 9.59 Å². The van der Waals surface area contributed by atoms with Crippen molar-refractivity contribution >= 4 is 21.8 Å². The van der Waals surface area contributed by atoms with Crippen LogP contribution in [0.15, 0.2) is 52.0 Å². The van der Waals surface area contributed by atoms with Crippen LogP contribution in [-0.2, 0) is 14.8 Å². The Bertz CT molecular complexity index is 1110. The lowest BCUT2D eigenvalue weighted by atomic mass is 9.78. The molecule has 2 aliphatic heterocycles. The molecule has 0 bridgehead atoms. The summed E-state index contributed by atoms with van der Waals surface area (Å²) >= 11 is 0. The zero-order valence-electron chi connectivity index (χ0n) is 20.1. The fourth-order valence-electron chi connectivity index (χ4n) is 4.69. The topological polar surface area (TPSA) is 109 Å². The molecule has 3 heterocycles. The highest BCUT2D eigenvalue weighted by Crippen LogP contribution is 2.42. The molecular weight excluding hydrogens is 470 g/mol. The Labute approximate surface area is 206 Å². The number of nitrogens with one attached hydrogen (secondary N) is 1. The van der Waals surface area contributed by atoms with E-state index in [1.807, 2.05) is 0 Å². The van der Waals surface area contributed by atoms with Crippen LogP contribution in [0, 0.1) is 5.41 Å². The monoisotopic (exact) mass is 503 g/mol. The van der Waals surface area contributed by atoms with Crippen molar-refractivity contribution in [3.05, 3.63) is 48.4 Å². The van der Waals surface area contributed by atoms with Crippen molar-refractivity contribution < 1.29 is 27.2 Å². The lowest BCUT2D eigenvalue weighted by Gasteiger charge is -2.39. The summed E-state index contributed by atoms with van der Waals surface area (Å²) in [5.74, 6) is 0.270. The zero-order chi connectivity index (χ0) is 24.9. The van der Waals surface area contributed by atoms with Gasteiger partial charge in [-0.15, -0.1) is 0 Å². The molecule has 0 saturated carbocycles. The van der Waals surface area contributed by atoms with Crippen LogP contribution in [0.2, 0.25) is 0 Å². The Hall–Kier alpha value is -2.85. The molecule has 0 atom stereocenters. The van der Waals surface area contributed by atoms with E-state index in [0.717, 1.165) is 32.1 Å². The van der Waals surface area contributed by atoms with Crippen LogP contribution in [0.3, 0.4) is 0 Å². The molecule has 1 aromatic carbocycles. The largest absolute Gasteiger partial charge is 0.494 e. The van der Waals surface area contributed by atoms with Gasteiger partial charge in [-0.1, -0.05) is 13.3 Å². The number of amides is 2. The quantitative estimate of drug-likeness (QED) is 0.527. The molecule has 2 saturated heterocycles. The fourth-order valence-corrected chi connectivity index (χ4v) is 6.25. The molecule has 4 rings (SSSR count). The van der Waals surface area contributed by atoms with Crippen LogP contribution in [-0.4, -0.2) is 68.8 Å². The Kier molecular flexibility index (Phi) is 7.81. The maximum absolute atomic E-state index is 13.2. The average Bonchev–Trinajstić information content (AvgIpc) is 3.55. The Morgan fingerprint density at radius 1 is 1.09 bits per heavy atom. The van der Waals surface area contributed by atoms with Gasteiger partial charge in [0.1, 0.15) is 5.75 Å². The third-order valence-corrected chi connectivity index (χ3v) is 8.81. The number of sulfonamides is 1. The molecule has 1 spiro atoms. The number of nitrogens with zero attached hydrogens (tertiary/aromatic N) is 2. The van der Waals surface area contributed by atoms with E-state index in [0.29, 0.717) is 38.5 Å². The summed E-state index contributed by atoms with van der Waals surface area (Å²) in [6.07, 6.45) is 5.66. The van der Waals surface area contributed by atoms with Crippen molar-refractivity contribution in [1.82, 2.24) is 14.5 Å². The predicted octanol–water partition coefficient (Wildman–Crippen LogP) is 2.89. The summed E-state index contributed by atoms with van der Waals surface area (Å²) in [6.45, 7) is 4.65. The maximum Gasteiger partial charge on any atom is 0.287 e. The number of furan rings is 1. The van der Waals surface area contributed by atoms with Crippen LogP contribution >= 0.6 is 0 Å². The maximum atomic E-state index is 13.2. The molecule has 2 aliphatic rings. The summed E-state index contributed by atoms with van der Waals surface area (Å²) in [4.78, 5) is 26.5. The first-order chi connectivity index (χ1) is 16.8. The van der Waals surface area contributed by atoms with Crippen LogP contribution in [0.5, 0.6) is 5.75 Å². The third kappa shape index (κ3) is 5.87. The van der Waals surface area contributed by atoms with Crippen molar-refractivity contribution in [2.75, 3.05) is 39.3 Å². The normalized spacial score (nSPS) is 18.0. The van der Waals surface area contributed by atoms with Crippen LogP contribution in [0.1, 0.15) is 49.6 Å². The van der Waals surface area contributed by atoms with E-state index in [1.165, 1.54) is 6.26 Å². The van der Waals surface area contributed by atoms with Gasteiger partial charge in [0.05, 0.1) is 24.3 Å². The zero-order valence-corrected chi connectivity index (χ0v) is 20.9. The van der Waals surface area contributed by atoms with Gasteiger partial charge in [-0.05, 0) is 67.5 Å². The molecule has 9 nitrogen and oxygen atoms in total. The molecule has 1 N–H and O–H groups in total. The van der Waals surface area contributed by atoms with Crippen molar-refractivity contribution in [3.63, 3.8) is 0 Å². The number of unbranched alkanes of at least 4 members (excludes halogenated alkanes) is 1. The number of rotatable bonds is 9. The van der Waals surface area contributed by atoms with Crippen LogP contribution in [0.25, 0.3) is 0 Å². The predicted molar refractivity (Wildman–Crippen MR) is 130 cm³/mol. The van der Waals surface area contributed by atoms with Gasteiger partial charge in [0, 0.05) is 26.2 Å². The lowest BCUT2D eigenvalue weighted by molar-refractivity contribution is -0.132. The summed E-state index contributed by atoms with van der Waals surface area (Å²) in [5, 5.41) is 2.59. The van der Waals surface area contributed by atoms with Gasteiger partial charge in [0.15, 0.2) is 5.76 Å². The van der Waals surface area contributed by atoms with Crippen molar-refractivity contribution in [1.29, 1.82) is 0 Å². The first-order valence-electron chi connectivity index (χ1n) is 12.2. The van der Waals surface area contributed by atoms with Crippen molar-refractivity contribution in [2.45, 2.75) is 43.9 Å². The Morgan fingerprint density at radius 3 is 2.46 bits per heavy atom. The van der Waals surface area contributed by atoms with E-state index >= 15 is 0 Å². The summed E-state index contributed by atoms with van der Waals surface area (Å²) in [7, 11) is -3.58. The number of ether oxygens (including phenoxy) is 1. The second-order valence-electron chi connectivity index (χ2n) is 9.30. The number of piperidine rings is 1. The smallest absolute Gasteiger partial charge is 0.287 e. The Balaban J connectivity index is 1.28. The second kappa shape index (κ2) is 10.8. The van der Waals surface area contributed by atoms with Crippen molar-refractivity contribution in [2.24, 2.45) is 5.41 Å². The molecule has 2 fully saturated rings. The van der Waals surface area contributed by atoms with Crippen molar-refractivity contribution in [3.8, 4) is 5.75 Å². The molecule has 0 radical (unpaired) electrons. The molecule has 190 valence electrons. The third-order valence-electron chi connectivity index (χ3n) is 6.95. The number of carbonyl (C=O) groups excluding carboxylic acids is 2. The van der Waals surface area contributed by atoms with E-state index in [2.05, 4.69) is 12.2 Å². The number of hydrogen-bond acceptors (Lipinski definition) is 6. The summed E-state index contributed by atoms with van der Waals surface area (Å²) in [6, 6.07) is 9.80. The highest BCUT2D eigenvalue weighted by Gasteiger charge is 2.45. The highest BCUT2D eigenvalue weighted by atomic mass is 32.2. The molecule has 1 aromatic heterocycles. The van der Waals surface area contributed by atoms with E-state index in [1.54, 1.807) is 45.6 Å². The lowest BCUT2D eigenvalue weighted by Crippen LogP contribution is -2.47. The molecule has 0 aliphatic carbocycles. The van der Waals surface area contributed by atoms with Gasteiger partial charge in [-0.25, -0.2) is 8.42 Å². The highest BCUT2D eigenvalue weighted by molar-refractivity contribution is 7.89. The average molecular weight is 504 g/mol. The van der Waals surface area contributed by atoms with Crippen LogP contribution in [0.4, 0.5) is 0 Å². The Morgan fingerprint density at radius 2 is 1.80 bits per heavy atom. The minimum atomic E-state index is -3.58. The minimum absolute atomic E-state index is 0.0921. The van der Waals surface area contributed by atoms with E-state index < -0.39 is 15.9 Å². The molecular formula is C25H33N3O6S. The summed E-state index contributed by atoms with van der Waals surface area (Å²) in [5.41, 5.74) is -0.121. The van der Waals surface area contributed by atoms with Gasteiger partial charge in [0.2, 0.25) is 15.9 Å². The number of carbonyl (C=O) groups is 2. The van der Waals surface area contributed by atoms with E-state index in [4.69, 9.17) is 9.15 Å². The summed E-state index contributed by atoms with van der Waals surface area (Å²) < 4.78 is 38.7. The first kappa shape index (κ1) is 25.2. The second-order valence-corrected chi connectivity index (χ2v) is 11.2. The van der Waals surface area contributed by atoms with Gasteiger partial charge < -0.3 is 19.4 Å². The van der Waals surface area contributed by atoms with E-state index in [-0.39, 0.29) is 28.5 Å². The molecule has 10 heteroatoms. The molecule has 0 unspecified atom stereocenters. The van der Waals surface area contributed by atoms with Gasteiger partial charge in [0.25, 0.3) is 5.91 Å². The van der Waals surface area contributed by atoms with Gasteiger partial charge >= 0.3 is 0 Å².